The second-order valence-electron chi connectivity index (χ2n) is 7.20. The standard InChI is InChI=1S/C17H28N2/c1-12-7-6-8-15(13(12)2)19-16-10-9-14(11-18-16)17(3,4)5/h9-13,15H,6-8H2,1-5H3,(H,18,19). The molecular formula is C17H28N2. The number of rotatable bonds is 2. The number of pyridine rings is 1. The first kappa shape index (κ1) is 14.4. The van der Waals surface area contributed by atoms with Crippen LogP contribution in [0.4, 0.5) is 5.82 Å². The van der Waals surface area contributed by atoms with Crippen LogP contribution in [0, 0.1) is 11.8 Å². The topological polar surface area (TPSA) is 24.9 Å². The van der Waals surface area contributed by atoms with Gasteiger partial charge in [-0.15, -0.1) is 0 Å². The van der Waals surface area contributed by atoms with Gasteiger partial charge in [-0.05, 0) is 35.3 Å². The van der Waals surface area contributed by atoms with E-state index >= 15 is 0 Å². The van der Waals surface area contributed by atoms with Crippen LogP contribution < -0.4 is 5.32 Å². The van der Waals surface area contributed by atoms with E-state index in [1.165, 1.54) is 24.8 Å². The average molecular weight is 260 g/mol. The summed E-state index contributed by atoms with van der Waals surface area (Å²) in [6.45, 7) is 11.4. The van der Waals surface area contributed by atoms with Crippen molar-refractivity contribution in [1.82, 2.24) is 4.98 Å². The number of anilines is 1. The largest absolute Gasteiger partial charge is 0.367 e. The molecular weight excluding hydrogens is 232 g/mol. The summed E-state index contributed by atoms with van der Waals surface area (Å²) in [6, 6.07) is 4.91. The van der Waals surface area contributed by atoms with E-state index in [1.807, 2.05) is 6.20 Å². The summed E-state index contributed by atoms with van der Waals surface area (Å²) >= 11 is 0. The Balaban J connectivity index is 2.03. The van der Waals surface area contributed by atoms with Crippen LogP contribution in [0.5, 0.6) is 0 Å². The molecule has 1 fully saturated rings. The van der Waals surface area contributed by atoms with Crippen LogP contribution >= 0.6 is 0 Å². The van der Waals surface area contributed by atoms with Crippen LogP contribution in [0.1, 0.15) is 59.4 Å². The van der Waals surface area contributed by atoms with Crippen molar-refractivity contribution in [2.24, 2.45) is 11.8 Å². The van der Waals surface area contributed by atoms with Crippen LogP contribution in [-0.2, 0) is 5.41 Å². The van der Waals surface area contributed by atoms with Crippen LogP contribution in [0.3, 0.4) is 0 Å². The third-order valence-electron chi connectivity index (χ3n) is 4.67. The maximum absolute atomic E-state index is 4.59. The molecule has 0 saturated heterocycles. The Morgan fingerprint density at radius 3 is 2.47 bits per heavy atom. The minimum Gasteiger partial charge on any atom is -0.367 e. The van der Waals surface area contributed by atoms with Gasteiger partial charge in [-0.3, -0.25) is 0 Å². The molecule has 1 saturated carbocycles. The predicted molar refractivity (Wildman–Crippen MR) is 82.5 cm³/mol. The lowest BCUT2D eigenvalue weighted by atomic mass is 9.78. The van der Waals surface area contributed by atoms with E-state index in [2.05, 4.69) is 57.1 Å². The first-order chi connectivity index (χ1) is 8.88. The molecule has 0 amide bonds. The highest BCUT2D eigenvalue weighted by Crippen LogP contribution is 2.31. The minimum atomic E-state index is 0.179. The normalized spacial score (nSPS) is 28.2. The molecule has 0 aliphatic heterocycles. The van der Waals surface area contributed by atoms with Crippen molar-refractivity contribution < 1.29 is 0 Å². The van der Waals surface area contributed by atoms with Crippen LogP contribution in [0.25, 0.3) is 0 Å². The average Bonchev–Trinajstić information content (AvgIpc) is 2.35. The van der Waals surface area contributed by atoms with Gasteiger partial charge >= 0.3 is 0 Å². The van der Waals surface area contributed by atoms with E-state index in [4.69, 9.17) is 0 Å². The Bertz CT molecular complexity index is 402. The zero-order valence-electron chi connectivity index (χ0n) is 13.0. The summed E-state index contributed by atoms with van der Waals surface area (Å²) in [5.74, 6) is 2.58. The van der Waals surface area contributed by atoms with Crippen molar-refractivity contribution >= 4 is 5.82 Å². The van der Waals surface area contributed by atoms with Gasteiger partial charge < -0.3 is 5.32 Å². The second kappa shape index (κ2) is 5.52. The molecule has 1 aromatic rings. The van der Waals surface area contributed by atoms with Crippen molar-refractivity contribution in [2.45, 2.75) is 65.3 Å². The molecule has 1 aliphatic carbocycles. The van der Waals surface area contributed by atoms with Gasteiger partial charge in [0.05, 0.1) is 0 Å². The van der Waals surface area contributed by atoms with Crippen molar-refractivity contribution in [1.29, 1.82) is 0 Å². The van der Waals surface area contributed by atoms with Gasteiger partial charge in [-0.1, -0.05) is 53.5 Å². The molecule has 2 heteroatoms. The van der Waals surface area contributed by atoms with E-state index in [1.54, 1.807) is 0 Å². The molecule has 0 spiro atoms. The van der Waals surface area contributed by atoms with Gasteiger partial charge in [0.15, 0.2) is 0 Å². The lowest BCUT2D eigenvalue weighted by Gasteiger charge is -2.35. The number of nitrogens with zero attached hydrogens (tertiary/aromatic N) is 1. The van der Waals surface area contributed by atoms with Crippen LogP contribution in [0.2, 0.25) is 0 Å². The van der Waals surface area contributed by atoms with Gasteiger partial charge in [-0.25, -0.2) is 4.98 Å². The van der Waals surface area contributed by atoms with Crippen molar-refractivity contribution in [3.8, 4) is 0 Å². The predicted octanol–water partition coefficient (Wildman–Crippen LogP) is 4.62. The van der Waals surface area contributed by atoms with E-state index in [0.29, 0.717) is 6.04 Å². The first-order valence-corrected chi connectivity index (χ1v) is 7.61. The lowest BCUT2D eigenvalue weighted by Crippen LogP contribution is -2.35. The molecule has 1 aliphatic rings. The highest BCUT2D eigenvalue weighted by Gasteiger charge is 2.27. The van der Waals surface area contributed by atoms with E-state index < -0.39 is 0 Å². The highest BCUT2D eigenvalue weighted by atomic mass is 15.0. The van der Waals surface area contributed by atoms with Crippen LogP contribution in [-0.4, -0.2) is 11.0 Å². The summed E-state index contributed by atoms with van der Waals surface area (Å²) < 4.78 is 0. The molecule has 3 unspecified atom stereocenters. The molecule has 0 radical (unpaired) electrons. The SMILES string of the molecule is CC1CCCC(Nc2ccc(C(C)(C)C)cn2)C1C. The monoisotopic (exact) mass is 260 g/mol. The molecule has 1 N–H and O–H groups in total. The molecule has 3 atom stereocenters. The summed E-state index contributed by atoms with van der Waals surface area (Å²) in [5, 5.41) is 3.63. The summed E-state index contributed by atoms with van der Waals surface area (Å²) in [6.07, 6.45) is 5.99. The van der Waals surface area contributed by atoms with Gasteiger partial charge in [0.1, 0.15) is 5.82 Å². The summed E-state index contributed by atoms with van der Waals surface area (Å²) in [5.41, 5.74) is 1.47. The first-order valence-electron chi connectivity index (χ1n) is 7.61. The summed E-state index contributed by atoms with van der Waals surface area (Å²) in [7, 11) is 0. The maximum atomic E-state index is 4.59. The molecule has 1 aromatic heterocycles. The number of hydrogen-bond acceptors (Lipinski definition) is 2. The highest BCUT2D eigenvalue weighted by molar-refractivity contribution is 5.38. The zero-order valence-corrected chi connectivity index (χ0v) is 13.0. The minimum absolute atomic E-state index is 0.179. The molecule has 2 nitrogen and oxygen atoms in total. The van der Waals surface area contributed by atoms with Gasteiger partial charge in [0, 0.05) is 12.2 Å². The van der Waals surface area contributed by atoms with Crippen molar-refractivity contribution in [3.05, 3.63) is 23.9 Å². The van der Waals surface area contributed by atoms with Crippen molar-refractivity contribution in [3.63, 3.8) is 0 Å². The smallest absolute Gasteiger partial charge is 0.126 e. The van der Waals surface area contributed by atoms with E-state index in [-0.39, 0.29) is 5.41 Å². The second-order valence-corrected chi connectivity index (χ2v) is 7.20. The van der Waals surface area contributed by atoms with Gasteiger partial charge in [-0.2, -0.15) is 0 Å². The number of nitrogens with one attached hydrogen (secondary N) is 1. The zero-order chi connectivity index (χ0) is 14.0. The van der Waals surface area contributed by atoms with Gasteiger partial charge in [0.25, 0.3) is 0 Å². The number of aromatic nitrogens is 1. The van der Waals surface area contributed by atoms with E-state index in [0.717, 1.165) is 17.7 Å². The molecule has 2 rings (SSSR count). The Hall–Kier alpha value is -1.05. The fraction of sp³-hybridized carbons (Fsp3) is 0.706. The third-order valence-corrected chi connectivity index (χ3v) is 4.67. The molecule has 0 bridgehead atoms. The van der Waals surface area contributed by atoms with Gasteiger partial charge in [0.2, 0.25) is 0 Å². The fourth-order valence-electron chi connectivity index (χ4n) is 2.90. The molecule has 0 aromatic carbocycles. The van der Waals surface area contributed by atoms with Crippen molar-refractivity contribution in [2.75, 3.05) is 5.32 Å². The van der Waals surface area contributed by atoms with Crippen LogP contribution in [0.15, 0.2) is 18.3 Å². The Labute approximate surface area is 118 Å². The molecule has 1 heterocycles. The fourth-order valence-corrected chi connectivity index (χ4v) is 2.90. The molecule has 106 valence electrons. The number of hydrogen-bond donors (Lipinski definition) is 1. The quantitative estimate of drug-likeness (QED) is 0.839. The third kappa shape index (κ3) is 3.49. The van der Waals surface area contributed by atoms with E-state index in [9.17, 15) is 0 Å². The Morgan fingerprint density at radius 2 is 1.89 bits per heavy atom. The summed E-state index contributed by atoms with van der Waals surface area (Å²) in [4.78, 5) is 4.59. The Morgan fingerprint density at radius 1 is 1.16 bits per heavy atom. The maximum Gasteiger partial charge on any atom is 0.126 e. The Kier molecular flexibility index (Phi) is 4.17. The molecule has 19 heavy (non-hydrogen) atoms. The lowest BCUT2D eigenvalue weighted by molar-refractivity contribution is 0.253.